The van der Waals surface area contributed by atoms with Gasteiger partial charge in [-0.3, -0.25) is 0 Å². The minimum absolute atomic E-state index is 0.0670. The van der Waals surface area contributed by atoms with E-state index in [1.54, 1.807) is 4.90 Å². The predicted molar refractivity (Wildman–Crippen MR) is 65.7 cm³/mol. The van der Waals surface area contributed by atoms with Gasteiger partial charge in [-0.2, -0.15) is 0 Å². The SMILES string of the molecule is CCN(C(=O)OC)C1CNCc2ccccc21. The van der Waals surface area contributed by atoms with E-state index < -0.39 is 0 Å². The zero-order valence-electron chi connectivity index (χ0n) is 10.3. The Morgan fingerprint density at radius 1 is 1.53 bits per heavy atom. The van der Waals surface area contributed by atoms with Crippen LogP contribution in [0.1, 0.15) is 24.1 Å². The lowest BCUT2D eigenvalue weighted by atomic mass is 9.96. The van der Waals surface area contributed by atoms with E-state index in [9.17, 15) is 4.79 Å². The molecule has 0 spiro atoms. The molecule has 0 bridgehead atoms. The van der Waals surface area contributed by atoms with Gasteiger partial charge in [0.2, 0.25) is 0 Å². The van der Waals surface area contributed by atoms with Crippen LogP contribution in [0.2, 0.25) is 0 Å². The van der Waals surface area contributed by atoms with Crippen LogP contribution in [0.4, 0.5) is 4.79 Å². The highest BCUT2D eigenvalue weighted by atomic mass is 16.5. The van der Waals surface area contributed by atoms with Crippen molar-refractivity contribution in [3.05, 3.63) is 35.4 Å². The van der Waals surface area contributed by atoms with Crippen LogP contribution in [0, 0.1) is 0 Å². The van der Waals surface area contributed by atoms with Crippen molar-refractivity contribution in [2.24, 2.45) is 0 Å². The van der Waals surface area contributed by atoms with E-state index in [-0.39, 0.29) is 12.1 Å². The Morgan fingerprint density at radius 2 is 2.29 bits per heavy atom. The fourth-order valence-corrected chi connectivity index (χ4v) is 2.35. The van der Waals surface area contributed by atoms with Gasteiger partial charge in [0.1, 0.15) is 0 Å². The van der Waals surface area contributed by atoms with Crippen molar-refractivity contribution in [2.75, 3.05) is 20.2 Å². The van der Waals surface area contributed by atoms with E-state index in [4.69, 9.17) is 4.74 Å². The Labute approximate surface area is 102 Å². The Morgan fingerprint density at radius 3 is 3.00 bits per heavy atom. The number of fused-ring (bicyclic) bond motifs is 1. The van der Waals surface area contributed by atoms with E-state index in [0.717, 1.165) is 13.1 Å². The number of carbonyl (C=O) groups is 1. The van der Waals surface area contributed by atoms with Crippen molar-refractivity contribution in [2.45, 2.75) is 19.5 Å². The number of nitrogens with one attached hydrogen (secondary N) is 1. The maximum Gasteiger partial charge on any atom is 0.410 e. The van der Waals surface area contributed by atoms with Crippen LogP contribution in [0.3, 0.4) is 0 Å². The second kappa shape index (κ2) is 5.19. The largest absolute Gasteiger partial charge is 0.453 e. The van der Waals surface area contributed by atoms with Crippen LogP contribution in [-0.2, 0) is 11.3 Å². The van der Waals surface area contributed by atoms with E-state index in [1.807, 2.05) is 19.1 Å². The second-order valence-electron chi connectivity index (χ2n) is 4.10. The fraction of sp³-hybridized carbons (Fsp3) is 0.462. The van der Waals surface area contributed by atoms with Gasteiger partial charge in [0, 0.05) is 19.6 Å². The van der Waals surface area contributed by atoms with Gasteiger partial charge >= 0.3 is 6.09 Å². The summed E-state index contributed by atoms with van der Waals surface area (Å²) >= 11 is 0. The molecule has 0 radical (unpaired) electrons. The molecule has 1 unspecified atom stereocenters. The highest BCUT2D eigenvalue weighted by Gasteiger charge is 2.28. The standard InChI is InChI=1S/C13H18N2O2/c1-3-15(13(16)17-2)12-9-14-8-10-6-4-5-7-11(10)12/h4-7,12,14H,3,8-9H2,1-2H3. The maximum atomic E-state index is 11.7. The summed E-state index contributed by atoms with van der Waals surface area (Å²) in [6, 6.07) is 8.29. The summed E-state index contributed by atoms with van der Waals surface area (Å²) in [6.07, 6.45) is -0.268. The van der Waals surface area contributed by atoms with Crippen LogP contribution < -0.4 is 5.32 Å². The molecule has 4 nitrogen and oxygen atoms in total. The molecule has 0 aromatic heterocycles. The second-order valence-corrected chi connectivity index (χ2v) is 4.10. The molecule has 1 aromatic carbocycles. The van der Waals surface area contributed by atoms with Crippen LogP contribution in [0.5, 0.6) is 0 Å². The number of ether oxygens (including phenoxy) is 1. The van der Waals surface area contributed by atoms with Crippen molar-refractivity contribution in [1.82, 2.24) is 10.2 Å². The first-order valence-corrected chi connectivity index (χ1v) is 5.91. The third kappa shape index (κ3) is 2.26. The molecule has 1 aliphatic heterocycles. The molecule has 0 fully saturated rings. The molecule has 2 rings (SSSR count). The number of benzene rings is 1. The minimum atomic E-state index is -0.268. The highest BCUT2D eigenvalue weighted by Crippen LogP contribution is 2.27. The summed E-state index contributed by atoms with van der Waals surface area (Å²) < 4.78 is 4.83. The zero-order chi connectivity index (χ0) is 12.3. The van der Waals surface area contributed by atoms with Gasteiger partial charge < -0.3 is 15.0 Å². The topological polar surface area (TPSA) is 41.6 Å². The molecule has 1 atom stereocenters. The number of likely N-dealkylation sites (N-methyl/N-ethyl adjacent to an activating group) is 1. The van der Waals surface area contributed by atoms with Gasteiger partial charge in [-0.25, -0.2) is 4.79 Å². The fourth-order valence-electron chi connectivity index (χ4n) is 2.35. The van der Waals surface area contributed by atoms with Crippen molar-refractivity contribution in [3.63, 3.8) is 0 Å². The molecular weight excluding hydrogens is 216 g/mol. The summed E-state index contributed by atoms with van der Waals surface area (Å²) in [6.45, 7) is 4.26. The van der Waals surface area contributed by atoms with E-state index in [0.29, 0.717) is 6.54 Å². The zero-order valence-corrected chi connectivity index (χ0v) is 10.3. The molecule has 4 heteroatoms. The maximum absolute atomic E-state index is 11.7. The first kappa shape index (κ1) is 11.9. The van der Waals surface area contributed by atoms with Gasteiger partial charge in [-0.05, 0) is 18.1 Å². The van der Waals surface area contributed by atoms with Gasteiger partial charge in [0.05, 0.1) is 13.2 Å². The number of hydrogen-bond acceptors (Lipinski definition) is 3. The summed E-state index contributed by atoms with van der Waals surface area (Å²) in [5.74, 6) is 0. The number of carbonyl (C=O) groups excluding carboxylic acids is 1. The van der Waals surface area contributed by atoms with Gasteiger partial charge in [0.15, 0.2) is 0 Å². The van der Waals surface area contributed by atoms with Crippen LogP contribution in [-0.4, -0.2) is 31.2 Å². The van der Waals surface area contributed by atoms with Crippen LogP contribution in [0.15, 0.2) is 24.3 Å². The number of hydrogen-bond donors (Lipinski definition) is 1. The van der Waals surface area contributed by atoms with Crippen molar-refractivity contribution < 1.29 is 9.53 Å². The van der Waals surface area contributed by atoms with Crippen LogP contribution in [0.25, 0.3) is 0 Å². The highest BCUT2D eigenvalue weighted by molar-refractivity contribution is 5.68. The van der Waals surface area contributed by atoms with E-state index in [2.05, 4.69) is 17.4 Å². The van der Waals surface area contributed by atoms with Crippen molar-refractivity contribution in [1.29, 1.82) is 0 Å². The molecule has 92 valence electrons. The molecule has 0 saturated carbocycles. The molecule has 1 aliphatic rings. The molecule has 1 N–H and O–H groups in total. The average molecular weight is 234 g/mol. The first-order valence-electron chi connectivity index (χ1n) is 5.91. The lowest BCUT2D eigenvalue weighted by Crippen LogP contribution is -2.42. The number of amides is 1. The average Bonchev–Trinajstić information content (AvgIpc) is 2.39. The molecule has 17 heavy (non-hydrogen) atoms. The molecule has 0 aliphatic carbocycles. The summed E-state index contributed by atoms with van der Waals surface area (Å²) in [4.78, 5) is 13.5. The number of methoxy groups -OCH3 is 1. The Balaban J connectivity index is 2.30. The third-order valence-electron chi connectivity index (χ3n) is 3.19. The van der Waals surface area contributed by atoms with E-state index >= 15 is 0 Å². The monoisotopic (exact) mass is 234 g/mol. The summed E-state index contributed by atoms with van der Waals surface area (Å²) in [5, 5.41) is 3.34. The van der Waals surface area contributed by atoms with E-state index in [1.165, 1.54) is 18.2 Å². The summed E-state index contributed by atoms with van der Waals surface area (Å²) in [5.41, 5.74) is 2.48. The molecule has 1 heterocycles. The normalized spacial score (nSPS) is 18.4. The lowest BCUT2D eigenvalue weighted by Gasteiger charge is -2.34. The van der Waals surface area contributed by atoms with Gasteiger partial charge in [0.25, 0.3) is 0 Å². The molecule has 1 aromatic rings. The number of nitrogens with zero attached hydrogens (tertiary/aromatic N) is 1. The minimum Gasteiger partial charge on any atom is -0.453 e. The lowest BCUT2D eigenvalue weighted by molar-refractivity contribution is 0.105. The quantitative estimate of drug-likeness (QED) is 0.850. The smallest absolute Gasteiger partial charge is 0.410 e. The third-order valence-corrected chi connectivity index (χ3v) is 3.19. The van der Waals surface area contributed by atoms with Crippen molar-refractivity contribution >= 4 is 6.09 Å². The Bertz CT molecular complexity index is 406. The molecule has 1 amide bonds. The predicted octanol–water partition coefficient (Wildman–Crippen LogP) is 1.92. The number of rotatable bonds is 2. The van der Waals surface area contributed by atoms with Crippen molar-refractivity contribution in [3.8, 4) is 0 Å². The Hall–Kier alpha value is -1.55. The van der Waals surface area contributed by atoms with Gasteiger partial charge in [-0.15, -0.1) is 0 Å². The molecule has 0 saturated heterocycles. The summed E-state index contributed by atoms with van der Waals surface area (Å²) in [7, 11) is 1.42. The van der Waals surface area contributed by atoms with Crippen LogP contribution >= 0.6 is 0 Å². The molecular formula is C13H18N2O2. The Kier molecular flexibility index (Phi) is 3.64. The van der Waals surface area contributed by atoms with Gasteiger partial charge in [-0.1, -0.05) is 24.3 Å². The first-order chi connectivity index (χ1) is 8.27.